The molecule has 0 saturated carbocycles. The Morgan fingerprint density at radius 2 is 1.76 bits per heavy atom. The van der Waals surface area contributed by atoms with Gasteiger partial charge in [-0.3, -0.25) is 9.36 Å². The van der Waals surface area contributed by atoms with Crippen LogP contribution in [0.15, 0.2) is 52.3 Å². The second-order valence-corrected chi connectivity index (χ2v) is 12.1. The van der Waals surface area contributed by atoms with E-state index in [2.05, 4.69) is 28.8 Å². The van der Waals surface area contributed by atoms with Gasteiger partial charge in [-0.05, 0) is 49.7 Å². The highest BCUT2D eigenvalue weighted by Gasteiger charge is 2.30. The number of likely N-dealkylation sites (N-methyl/N-ethyl adjacent to an activating group) is 1. The highest BCUT2D eigenvalue weighted by atomic mass is 32.2. The number of hydrogen-bond donors (Lipinski definition) is 0. The number of aryl methyl sites for hydroxylation is 1. The molecule has 3 aromatic heterocycles. The van der Waals surface area contributed by atoms with Gasteiger partial charge in [0.25, 0.3) is 5.56 Å². The summed E-state index contributed by atoms with van der Waals surface area (Å²) in [5, 5.41) is 4.62. The van der Waals surface area contributed by atoms with Crippen LogP contribution in [0.4, 0.5) is 0 Å². The van der Waals surface area contributed by atoms with E-state index in [0.717, 1.165) is 25.1 Å². The molecule has 1 aliphatic rings. The van der Waals surface area contributed by atoms with Crippen LogP contribution in [0.3, 0.4) is 0 Å². The van der Waals surface area contributed by atoms with Crippen molar-refractivity contribution < 1.29 is 13.2 Å². The lowest BCUT2D eigenvalue weighted by Crippen LogP contribution is -2.48. The van der Waals surface area contributed by atoms with Crippen LogP contribution in [0.1, 0.15) is 39.3 Å². The maximum absolute atomic E-state index is 13.7. The minimum Gasteiger partial charge on any atom is -0.493 e. The molecular formula is C29H37N7O4S. The second-order valence-electron chi connectivity index (χ2n) is 10.1. The monoisotopic (exact) mass is 579 g/mol. The van der Waals surface area contributed by atoms with Crippen LogP contribution in [0.5, 0.6) is 5.75 Å². The molecule has 1 fully saturated rings. The van der Waals surface area contributed by atoms with E-state index >= 15 is 0 Å². The number of rotatable bonds is 10. The Hall–Kier alpha value is -3.61. The summed E-state index contributed by atoms with van der Waals surface area (Å²) >= 11 is 0. The molecule has 1 saturated heterocycles. The lowest BCUT2D eigenvalue weighted by atomic mass is 10.1. The van der Waals surface area contributed by atoms with Crippen molar-refractivity contribution in [3.05, 3.63) is 58.6 Å². The Bertz CT molecular complexity index is 1690. The van der Waals surface area contributed by atoms with Crippen molar-refractivity contribution in [1.29, 1.82) is 0 Å². The van der Waals surface area contributed by atoms with Crippen molar-refractivity contribution in [1.82, 2.24) is 33.5 Å². The van der Waals surface area contributed by atoms with Gasteiger partial charge >= 0.3 is 0 Å². The molecule has 4 aromatic rings. The summed E-state index contributed by atoms with van der Waals surface area (Å²) in [7, 11) is -2.14. The first-order valence-electron chi connectivity index (χ1n) is 14.2. The molecule has 0 radical (unpaired) electrons. The fourth-order valence-electron chi connectivity index (χ4n) is 5.13. The summed E-state index contributed by atoms with van der Waals surface area (Å²) in [6.07, 6.45) is 3.89. The summed E-state index contributed by atoms with van der Waals surface area (Å²) in [5.41, 5.74) is 1.59. The number of aromatic nitrogens is 5. The topological polar surface area (TPSA) is 115 Å². The van der Waals surface area contributed by atoms with Gasteiger partial charge in [-0.15, -0.1) is 0 Å². The van der Waals surface area contributed by atoms with E-state index in [1.165, 1.54) is 8.87 Å². The van der Waals surface area contributed by atoms with Crippen LogP contribution < -0.4 is 10.3 Å². The first kappa shape index (κ1) is 28.9. The van der Waals surface area contributed by atoms with E-state index in [0.29, 0.717) is 67.7 Å². The quantitative estimate of drug-likeness (QED) is 0.281. The molecule has 1 aromatic carbocycles. The van der Waals surface area contributed by atoms with Crippen LogP contribution in [0.25, 0.3) is 28.2 Å². The highest BCUT2D eigenvalue weighted by molar-refractivity contribution is 7.89. The Morgan fingerprint density at radius 3 is 2.41 bits per heavy atom. The van der Waals surface area contributed by atoms with Gasteiger partial charge in [-0.1, -0.05) is 33.3 Å². The summed E-state index contributed by atoms with van der Waals surface area (Å²) in [6.45, 7) is 9.68. The fourth-order valence-corrected chi connectivity index (χ4v) is 6.58. The molecule has 0 amide bonds. The number of sulfonamides is 1. The lowest BCUT2D eigenvalue weighted by molar-refractivity contribution is 0.196. The van der Waals surface area contributed by atoms with Gasteiger partial charge in [0.15, 0.2) is 11.3 Å². The van der Waals surface area contributed by atoms with E-state index in [1.54, 1.807) is 36.1 Å². The molecule has 0 aliphatic carbocycles. The van der Waals surface area contributed by atoms with Gasteiger partial charge in [-0.2, -0.15) is 9.40 Å². The minimum absolute atomic E-state index is 0.147. The SMILES string of the molecule is CCCOc1ccc(S(=O)(=O)N2CCN(CC)CC2)cc1-c1nc2c(CCC)n(-c3ccccn3)nc2c(=O)n1C. The molecule has 0 N–H and O–H groups in total. The standard InChI is InChI=1S/C29H37N7O4S/c1-5-10-23-26-27(32-36(23)25-11-8-9-14-30-25)29(37)33(4)28(31-26)22-20-21(12-13-24(22)40-19-6-2)41(38,39)35-17-15-34(7-3)16-18-35/h8-9,11-14,20H,5-7,10,15-19H2,1-4H3. The van der Waals surface area contributed by atoms with E-state index in [9.17, 15) is 13.2 Å². The molecule has 0 atom stereocenters. The Kier molecular flexibility index (Phi) is 8.52. The number of benzene rings is 1. The predicted molar refractivity (Wildman–Crippen MR) is 158 cm³/mol. The van der Waals surface area contributed by atoms with Crippen molar-refractivity contribution in [2.75, 3.05) is 39.3 Å². The largest absolute Gasteiger partial charge is 0.493 e. The fraction of sp³-hybridized carbons (Fsp3) is 0.448. The van der Waals surface area contributed by atoms with E-state index in [-0.39, 0.29) is 16.0 Å². The van der Waals surface area contributed by atoms with Gasteiger partial charge < -0.3 is 9.64 Å². The summed E-state index contributed by atoms with van der Waals surface area (Å²) in [6, 6.07) is 10.4. The molecule has 11 nitrogen and oxygen atoms in total. The van der Waals surface area contributed by atoms with Crippen LogP contribution >= 0.6 is 0 Å². The maximum Gasteiger partial charge on any atom is 0.281 e. The van der Waals surface area contributed by atoms with Crippen LogP contribution in [-0.4, -0.2) is 81.3 Å². The van der Waals surface area contributed by atoms with E-state index in [4.69, 9.17) is 9.72 Å². The second kappa shape index (κ2) is 12.1. The van der Waals surface area contributed by atoms with Gasteiger partial charge in [0.05, 0.1) is 22.8 Å². The summed E-state index contributed by atoms with van der Waals surface area (Å²) in [5.74, 6) is 1.39. The summed E-state index contributed by atoms with van der Waals surface area (Å²) in [4.78, 5) is 25.5. The van der Waals surface area contributed by atoms with Crippen molar-refractivity contribution in [2.45, 2.75) is 44.9 Å². The van der Waals surface area contributed by atoms with Gasteiger partial charge in [-0.25, -0.2) is 23.1 Å². The number of fused-ring (bicyclic) bond motifs is 1. The molecule has 0 spiro atoms. The number of nitrogens with zero attached hydrogens (tertiary/aromatic N) is 7. The van der Waals surface area contributed by atoms with Crippen LogP contribution in [0.2, 0.25) is 0 Å². The molecule has 41 heavy (non-hydrogen) atoms. The Balaban J connectivity index is 1.68. The number of piperazine rings is 1. The molecule has 1 aliphatic heterocycles. The van der Waals surface area contributed by atoms with Crippen molar-refractivity contribution >= 4 is 21.1 Å². The first-order chi connectivity index (χ1) is 19.8. The Morgan fingerprint density at radius 1 is 0.976 bits per heavy atom. The van der Waals surface area contributed by atoms with Gasteiger partial charge in [0.2, 0.25) is 10.0 Å². The third-order valence-corrected chi connectivity index (χ3v) is 9.31. The third kappa shape index (κ3) is 5.51. The van der Waals surface area contributed by atoms with Gasteiger partial charge in [0.1, 0.15) is 17.1 Å². The number of hydrogen-bond acceptors (Lipinski definition) is 8. The summed E-state index contributed by atoms with van der Waals surface area (Å²) < 4.78 is 38.1. The van der Waals surface area contributed by atoms with Crippen molar-refractivity contribution in [3.8, 4) is 23.0 Å². The lowest BCUT2D eigenvalue weighted by Gasteiger charge is -2.33. The van der Waals surface area contributed by atoms with Gasteiger partial charge in [0, 0.05) is 39.4 Å². The van der Waals surface area contributed by atoms with E-state index < -0.39 is 10.0 Å². The van der Waals surface area contributed by atoms with Crippen LogP contribution in [0, 0.1) is 0 Å². The van der Waals surface area contributed by atoms with Crippen molar-refractivity contribution in [3.63, 3.8) is 0 Å². The predicted octanol–water partition coefficient (Wildman–Crippen LogP) is 3.25. The first-order valence-corrected chi connectivity index (χ1v) is 15.6. The molecule has 4 heterocycles. The molecular weight excluding hydrogens is 542 g/mol. The molecule has 0 unspecified atom stereocenters. The zero-order valence-corrected chi connectivity index (χ0v) is 24.9. The zero-order valence-electron chi connectivity index (χ0n) is 24.1. The Labute approximate surface area is 240 Å². The molecule has 12 heteroatoms. The molecule has 218 valence electrons. The van der Waals surface area contributed by atoms with E-state index in [1.807, 2.05) is 25.1 Å². The average molecular weight is 580 g/mol. The molecule has 0 bridgehead atoms. The normalized spacial score (nSPS) is 15.0. The number of pyridine rings is 1. The average Bonchev–Trinajstić information content (AvgIpc) is 3.36. The third-order valence-electron chi connectivity index (χ3n) is 7.42. The minimum atomic E-state index is -3.76. The number of ether oxygens (including phenoxy) is 1. The zero-order chi connectivity index (χ0) is 29.1. The van der Waals surface area contributed by atoms with Crippen molar-refractivity contribution in [2.24, 2.45) is 7.05 Å². The maximum atomic E-state index is 13.7. The smallest absolute Gasteiger partial charge is 0.281 e. The highest BCUT2D eigenvalue weighted by Crippen LogP contribution is 2.33. The molecule has 5 rings (SSSR count). The van der Waals surface area contributed by atoms with Crippen LogP contribution in [-0.2, 0) is 23.5 Å².